The van der Waals surface area contributed by atoms with Crippen molar-refractivity contribution < 1.29 is 23.0 Å². The lowest BCUT2D eigenvalue weighted by Gasteiger charge is -2.36. The molecule has 11 heteroatoms. The lowest BCUT2D eigenvalue weighted by atomic mass is 9.95. The van der Waals surface area contributed by atoms with Gasteiger partial charge in [-0.3, -0.25) is 4.90 Å². The summed E-state index contributed by atoms with van der Waals surface area (Å²) < 4.78 is 46.8. The summed E-state index contributed by atoms with van der Waals surface area (Å²) in [5.74, 6) is -0.0788. The van der Waals surface area contributed by atoms with Crippen LogP contribution >= 0.6 is 11.6 Å². The van der Waals surface area contributed by atoms with Crippen molar-refractivity contribution in [1.82, 2.24) is 19.9 Å². The Bertz CT molecular complexity index is 1080. The van der Waals surface area contributed by atoms with E-state index in [2.05, 4.69) is 19.9 Å². The molecule has 2 aromatic heterocycles. The molecule has 0 N–H and O–H groups in total. The molecule has 0 aliphatic carbocycles. The highest BCUT2D eigenvalue weighted by Gasteiger charge is 2.49. The zero-order chi connectivity index (χ0) is 22.0. The van der Waals surface area contributed by atoms with Crippen LogP contribution in [0.4, 0.5) is 14.6 Å². The number of hydrogen-bond acceptors (Lipinski definition) is 8. The molecule has 4 aliphatic heterocycles. The maximum absolute atomic E-state index is 15.0. The number of fused-ring (bicyclic) bond motifs is 2. The molecule has 0 radical (unpaired) electrons. The maximum atomic E-state index is 15.0. The largest absolute Gasteiger partial charge is 0.469 e. The third-order valence-corrected chi connectivity index (χ3v) is 7.52. The Morgan fingerprint density at radius 2 is 2.19 bits per heavy atom. The number of pyridine rings is 1. The van der Waals surface area contributed by atoms with Gasteiger partial charge in [-0.05, 0) is 25.8 Å². The van der Waals surface area contributed by atoms with E-state index >= 15 is 4.39 Å². The molecule has 0 aromatic carbocycles. The summed E-state index contributed by atoms with van der Waals surface area (Å²) in [6, 6.07) is 0.0114. The molecule has 6 heterocycles. The third kappa shape index (κ3) is 3.10. The van der Waals surface area contributed by atoms with Crippen LogP contribution in [0.15, 0.2) is 0 Å². The van der Waals surface area contributed by atoms with Crippen LogP contribution in [-0.4, -0.2) is 83.7 Å². The van der Waals surface area contributed by atoms with Crippen LogP contribution in [0.1, 0.15) is 25.7 Å². The van der Waals surface area contributed by atoms with Gasteiger partial charge in [0.2, 0.25) is 5.88 Å². The van der Waals surface area contributed by atoms with Crippen molar-refractivity contribution in [2.75, 3.05) is 44.9 Å². The summed E-state index contributed by atoms with van der Waals surface area (Å²) >= 11 is 6.07. The minimum Gasteiger partial charge on any atom is -0.469 e. The molecule has 3 saturated heterocycles. The highest BCUT2D eigenvalue weighted by Crippen LogP contribution is 2.42. The standard InChI is InChI=1S/C21H24ClF2N5O3/c1-28-12-3-6-30-9-13(12)32-19-14-16(15(24)17(22)26-19)25-20(27-18(14)28)31-10-21-4-2-5-29(21)8-11(23)7-21/h11-13H,2-10H2,1H3/t11-,12+,13+,21+/m1/s1. The molecule has 6 rings (SSSR count). The first kappa shape index (κ1) is 20.6. The molecule has 0 spiro atoms. The summed E-state index contributed by atoms with van der Waals surface area (Å²) in [6.07, 6.45) is 1.86. The van der Waals surface area contributed by atoms with Crippen molar-refractivity contribution in [3.05, 3.63) is 11.0 Å². The molecule has 4 aliphatic rings. The average molecular weight is 468 g/mol. The normalized spacial score (nSPS) is 31.9. The Kier molecular flexibility index (Phi) is 4.82. The van der Waals surface area contributed by atoms with Crippen LogP contribution in [0.5, 0.6) is 11.9 Å². The second-order valence-electron chi connectivity index (χ2n) is 9.14. The SMILES string of the molecule is CN1c2nc(OC[C@@]34CCCN3C[C@H](F)C4)nc3c(F)c(Cl)nc(c23)O[C@H]2COCC[C@@H]21. The second-order valence-corrected chi connectivity index (χ2v) is 9.50. The number of anilines is 1. The van der Waals surface area contributed by atoms with Crippen molar-refractivity contribution in [1.29, 1.82) is 0 Å². The van der Waals surface area contributed by atoms with Crippen molar-refractivity contribution in [2.24, 2.45) is 0 Å². The van der Waals surface area contributed by atoms with E-state index in [4.69, 9.17) is 25.8 Å². The molecule has 32 heavy (non-hydrogen) atoms. The Hall–Kier alpha value is -2.04. The van der Waals surface area contributed by atoms with Gasteiger partial charge in [0.15, 0.2) is 11.0 Å². The summed E-state index contributed by atoms with van der Waals surface area (Å²) in [7, 11) is 1.89. The molecule has 4 atom stereocenters. The van der Waals surface area contributed by atoms with Gasteiger partial charge in [-0.15, -0.1) is 0 Å². The molecule has 0 bridgehead atoms. The van der Waals surface area contributed by atoms with Gasteiger partial charge in [0, 0.05) is 26.6 Å². The van der Waals surface area contributed by atoms with Gasteiger partial charge in [0.25, 0.3) is 0 Å². The molecule has 0 saturated carbocycles. The van der Waals surface area contributed by atoms with Crippen molar-refractivity contribution in [3.63, 3.8) is 0 Å². The molecule has 172 valence electrons. The minimum atomic E-state index is -0.861. The fourth-order valence-corrected chi connectivity index (χ4v) is 5.85. The van der Waals surface area contributed by atoms with Crippen LogP contribution in [0.3, 0.4) is 0 Å². The van der Waals surface area contributed by atoms with E-state index in [1.165, 1.54) is 0 Å². The van der Waals surface area contributed by atoms with Gasteiger partial charge in [0.05, 0.1) is 18.2 Å². The van der Waals surface area contributed by atoms with Crippen molar-refractivity contribution in [3.8, 4) is 11.9 Å². The van der Waals surface area contributed by atoms with Crippen LogP contribution in [0, 0.1) is 5.82 Å². The van der Waals surface area contributed by atoms with Crippen molar-refractivity contribution in [2.45, 2.75) is 49.5 Å². The quantitative estimate of drug-likeness (QED) is 0.638. The number of halogens is 3. The number of ether oxygens (including phenoxy) is 3. The van der Waals surface area contributed by atoms with E-state index in [1.54, 1.807) is 0 Å². The maximum Gasteiger partial charge on any atom is 0.319 e. The highest BCUT2D eigenvalue weighted by molar-refractivity contribution is 6.30. The zero-order valence-corrected chi connectivity index (χ0v) is 18.4. The topological polar surface area (TPSA) is 72.8 Å². The Balaban J connectivity index is 1.41. The average Bonchev–Trinajstić information content (AvgIpc) is 3.27. The minimum absolute atomic E-state index is 0.00184. The first-order valence-corrected chi connectivity index (χ1v) is 11.4. The van der Waals surface area contributed by atoms with Crippen LogP contribution in [-0.2, 0) is 4.74 Å². The molecular weight excluding hydrogens is 444 g/mol. The van der Waals surface area contributed by atoms with E-state index in [0.717, 1.165) is 25.8 Å². The molecule has 0 unspecified atom stereocenters. The fourth-order valence-electron chi connectivity index (χ4n) is 5.69. The molecule has 2 aromatic rings. The molecule has 8 nitrogen and oxygen atoms in total. The van der Waals surface area contributed by atoms with Gasteiger partial charge in [-0.2, -0.15) is 15.0 Å². The Labute approximate surface area is 188 Å². The number of rotatable bonds is 3. The van der Waals surface area contributed by atoms with E-state index in [0.29, 0.717) is 37.4 Å². The Morgan fingerprint density at radius 1 is 1.31 bits per heavy atom. The molecule has 0 amide bonds. The smallest absolute Gasteiger partial charge is 0.319 e. The van der Waals surface area contributed by atoms with Crippen LogP contribution < -0.4 is 14.4 Å². The van der Waals surface area contributed by atoms with Gasteiger partial charge in [-0.1, -0.05) is 11.6 Å². The number of alkyl halides is 1. The number of hydrogen-bond donors (Lipinski definition) is 0. The third-order valence-electron chi connectivity index (χ3n) is 7.27. The lowest BCUT2D eigenvalue weighted by molar-refractivity contribution is -0.00631. The lowest BCUT2D eigenvalue weighted by Crippen LogP contribution is -2.49. The van der Waals surface area contributed by atoms with Crippen LogP contribution in [0.2, 0.25) is 5.15 Å². The summed E-state index contributed by atoms with van der Waals surface area (Å²) in [5.41, 5.74) is -0.353. The highest BCUT2D eigenvalue weighted by atomic mass is 35.5. The number of likely N-dealkylation sites (N-methyl/N-ethyl adjacent to an activating group) is 1. The van der Waals surface area contributed by atoms with E-state index < -0.39 is 12.0 Å². The van der Waals surface area contributed by atoms with E-state index in [9.17, 15) is 4.39 Å². The van der Waals surface area contributed by atoms with Crippen LogP contribution in [0.25, 0.3) is 10.9 Å². The summed E-state index contributed by atoms with van der Waals surface area (Å²) in [5, 5.41) is 0.0408. The predicted molar refractivity (Wildman–Crippen MR) is 113 cm³/mol. The van der Waals surface area contributed by atoms with Gasteiger partial charge in [0.1, 0.15) is 35.6 Å². The summed E-state index contributed by atoms with van der Waals surface area (Å²) in [6.45, 7) is 2.52. The van der Waals surface area contributed by atoms with E-state index in [-0.39, 0.29) is 46.9 Å². The molecule has 3 fully saturated rings. The monoisotopic (exact) mass is 467 g/mol. The first-order valence-electron chi connectivity index (χ1n) is 11.0. The van der Waals surface area contributed by atoms with Crippen molar-refractivity contribution >= 4 is 28.3 Å². The summed E-state index contributed by atoms with van der Waals surface area (Å²) in [4.78, 5) is 17.2. The van der Waals surface area contributed by atoms with Gasteiger partial charge in [-0.25, -0.2) is 8.78 Å². The van der Waals surface area contributed by atoms with Gasteiger partial charge >= 0.3 is 6.01 Å². The number of aromatic nitrogens is 3. The fraction of sp³-hybridized carbons (Fsp3) is 0.667. The molecular formula is C21H24ClF2N5O3. The number of nitrogens with zero attached hydrogens (tertiary/aromatic N) is 5. The van der Waals surface area contributed by atoms with E-state index in [1.807, 2.05) is 11.9 Å². The Morgan fingerprint density at radius 3 is 3.06 bits per heavy atom. The first-order chi connectivity index (χ1) is 15.4. The zero-order valence-electron chi connectivity index (χ0n) is 17.7. The predicted octanol–water partition coefficient (Wildman–Crippen LogP) is 2.76. The second kappa shape index (κ2) is 7.50. The van der Waals surface area contributed by atoms with Gasteiger partial charge < -0.3 is 19.1 Å².